The van der Waals surface area contributed by atoms with Crippen molar-refractivity contribution in [2.45, 2.75) is 19.3 Å². The summed E-state index contributed by atoms with van der Waals surface area (Å²) in [6, 6.07) is 6.04. The van der Waals surface area contributed by atoms with Gasteiger partial charge in [0.05, 0.1) is 5.69 Å². The molecule has 0 radical (unpaired) electrons. The standard InChI is InChI=1S/C17H13F2N5O2/c1-8-16-11(10-3-2-9(18)6-12(10)19)7-15(26)20-17(16)24(23-8)13-4-5-14(25)22-21-13/h2-6,11H,7H2,1H3,(H,20,26)(H,22,25)/t11-/m1/s1. The van der Waals surface area contributed by atoms with Gasteiger partial charge < -0.3 is 5.32 Å². The number of aromatic amines is 1. The summed E-state index contributed by atoms with van der Waals surface area (Å²) in [6.45, 7) is 1.73. The molecule has 2 N–H and O–H groups in total. The lowest BCUT2D eigenvalue weighted by atomic mass is 9.85. The molecule has 132 valence electrons. The highest BCUT2D eigenvalue weighted by atomic mass is 19.1. The smallest absolute Gasteiger partial charge is 0.264 e. The molecule has 0 bridgehead atoms. The van der Waals surface area contributed by atoms with Gasteiger partial charge in [0.1, 0.15) is 17.5 Å². The van der Waals surface area contributed by atoms with Gasteiger partial charge in [-0.05, 0) is 24.6 Å². The van der Waals surface area contributed by atoms with Crippen molar-refractivity contribution in [3.8, 4) is 5.82 Å². The van der Waals surface area contributed by atoms with Crippen LogP contribution in [0.15, 0.2) is 35.1 Å². The number of hydrogen-bond acceptors (Lipinski definition) is 4. The van der Waals surface area contributed by atoms with Crippen LogP contribution in [0.1, 0.15) is 29.2 Å². The number of anilines is 1. The molecule has 2 aromatic heterocycles. The highest BCUT2D eigenvalue weighted by molar-refractivity contribution is 5.95. The van der Waals surface area contributed by atoms with Gasteiger partial charge in [0.2, 0.25) is 5.91 Å². The zero-order valence-electron chi connectivity index (χ0n) is 13.6. The van der Waals surface area contributed by atoms with E-state index in [1.807, 2.05) is 0 Å². The number of amides is 1. The molecule has 1 amide bonds. The van der Waals surface area contributed by atoms with Crippen LogP contribution in [0.3, 0.4) is 0 Å². The van der Waals surface area contributed by atoms with E-state index < -0.39 is 17.6 Å². The third-order valence-corrected chi connectivity index (χ3v) is 4.32. The first kappa shape index (κ1) is 16.1. The van der Waals surface area contributed by atoms with Crippen LogP contribution in [-0.2, 0) is 4.79 Å². The van der Waals surface area contributed by atoms with E-state index in [4.69, 9.17) is 0 Å². The Labute approximate surface area is 145 Å². The Bertz CT molecular complexity index is 1070. The minimum atomic E-state index is -0.718. The molecular formula is C17H13F2N5O2. The van der Waals surface area contributed by atoms with Crippen molar-refractivity contribution in [2.75, 3.05) is 5.32 Å². The summed E-state index contributed by atoms with van der Waals surface area (Å²) in [5, 5.41) is 13.3. The van der Waals surface area contributed by atoms with Gasteiger partial charge in [-0.25, -0.2) is 13.9 Å². The van der Waals surface area contributed by atoms with Crippen molar-refractivity contribution in [3.63, 3.8) is 0 Å². The van der Waals surface area contributed by atoms with Crippen LogP contribution in [0.2, 0.25) is 0 Å². The maximum absolute atomic E-state index is 14.3. The van der Waals surface area contributed by atoms with Crippen molar-refractivity contribution >= 4 is 11.7 Å². The van der Waals surface area contributed by atoms with E-state index in [1.54, 1.807) is 6.92 Å². The number of H-pyrrole nitrogens is 1. The Morgan fingerprint density at radius 1 is 1.19 bits per heavy atom. The van der Waals surface area contributed by atoms with Gasteiger partial charge >= 0.3 is 0 Å². The van der Waals surface area contributed by atoms with E-state index in [2.05, 4.69) is 20.6 Å². The van der Waals surface area contributed by atoms with Gasteiger partial charge in [0.15, 0.2) is 5.82 Å². The van der Waals surface area contributed by atoms with Crippen LogP contribution < -0.4 is 10.9 Å². The summed E-state index contributed by atoms with van der Waals surface area (Å²) in [6.07, 6.45) is 0.0150. The van der Waals surface area contributed by atoms with Crippen molar-refractivity contribution in [1.82, 2.24) is 20.0 Å². The number of carbonyl (C=O) groups excluding carboxylic acids is 1. The van der Waals surface area contributed by atoms with Crippen molar-refractivity contribution in [2.24, 2.45) is 0 Å². The summed E-state index contributed by atoms with van der Waals surface area (Å²) in [5.74, 6) is -1.67. The fourth-order valence-corrected chi connectivity index (χ4v) is 3.22. The molecule has 0 unspecified atom stereocenters. The van der Waals surface area contributed by atoms with E-state index in [1.165, 1.54) is 22.9 Å². The average molecular weight is 357 g/mol. The number of nitrogens with one attached hydrogen (secondary N) is 2. The van der Waals surface area contributed by atoms with Gasteiger partial charge in [-0.1, -0.05) is 6.07 Å². The van der Waals surface area contributed by atoms with Gasteiger partial charge in [-0.3, -0.25) is 9.59 Å². The van der Waals surface area contributed by atoms with Crippen molar-refractivity contribution < 1.29 is 13.6 Å². The molecule has 1 atom stereocenters. The second-order valence-corrected chi connectivity index (χ2v) is 6.01. The van der Waals surface area contributed by atoms with E-state index in [-0.39, 0.29) is 23.5 Å². The van der Waals surface area contributed by atoms with Crippen LogP contribution in [0.4, 0.5) is 14.6 Å². The molecule has 1 aliphatic heterocycles. The SMILES string of the molecule is Cc1nn(-c2ccc(=O)[nH]n2)c2c1[C@@H](c1ccc(F)cc1F)CC(=O)N2. The predicted molar refractivity (Wildman–Crippen MR) is 88.2 cm³/mol. The van der Waals surface area contributed by atoms with Crippen molar-refractivity contribution in [1.29, 1.82) is 0 Å². The Kier molecular flexibility index (Phi) is 3.64. The molecule has 0 fully saturated rings. The number of hydrogen-bond donors (Lipinski definition) is 2. The number of halogens is 2. The highest BCUT2D eigenvalue weighted by Crippen LogP contribution is 2.40. The molecule has 1 aromatic carbocycles. The topological polar surface area (TPSA) is 92.7 Å². The average Bonchev–Trinajstić information content (AvgIpc) is 2.91. The Morgan fingerprint density at radius 2 is 2.00 bits per heavy atom. The largest absolute Gasteiger partial charge is 0.310 e. The minimum Gasteiger partial charge on any atom is -0.310 e. The number of nitrogens with zero attached hydrogens (tertiary/aromatic N) is 3. The number of aryl methyl sites for hydroxylation is 1. The van der Waals surface area contributed by atoms with Gasteiger partial charge in [-0.2, -0.15) is 14.9 Å². The third-order valence-electron chi connectivity index (χ3n) is 4.32. The number of carbonyl (C=O) groups is 1. The summed E-state index contributed by atoms with van der Waals surface area (Å²) in [4.78, 5) is 23.4. The van der Waals surface area contributed by atoms with Crippen LogP contribution >= 0.6 is 0 Å². The molecule has 0 aliphatic carbocycles. The monoisotopic (exact) mass is 357 g/mol. The quantitative estimate of drug-likeness (QED) is 0.734. The van der Waals surface area contributed by atoms with E-state index in [9.17, 15) is 18.4 Å². The zero-order chi connectivity index (χ0) is 18.4. The molecule has 26 heavy (non-hydrogen) atoms. The number of aromatic nitrogens is 4. The molecule has 0 spiro atoms. The highest BCUT2D eigenvalue weighted by Gasteiger charge is 2.34. The Balaban J connectivity index is 1.89. The van der Waals surface area contributed by atoms with Crippen LogP contribution in [0, 0.1) is 18.6 Å². The van der Waals surface area contributed by atoms with Gasteiger partial charge in [-0.15, -0.1) is 0 Å². The molecule has 4 rings (SSSR count). The predicted octanol–water partition coefficient (Wildman–Crippen LogP) is 2.02. The molecular weight excluding hydrogens is 344 g/mol. The second kappa shape index (κ2) is 5.87. The molecule has 0 saturated carbocycles. The fourth-order valence-electron chi connectivity index (χ4n) is 3.22. The Hall–Kier alpha value is -3.36. The number of benzene rings is 1. The molecule has 3 aromatic rings. The van der Waals surface area contributed by atoms with Crippen LogP contribution in [0.5, 0.6) is 0 Å². The molecule has 3 heterocycles. The first-order valence-corrected chi connectivity index (χ1v) is 7.84. The summed E-state index contributed by atoms with van der Waals surface area (Å²) in [5.41, 5.74) is 1.05. The summed E-state index contributed by atoms with van der Waals surface area (Å²) >= 11 is 0. The number of fused-ring (bicyclic) bond motifs is 1. The van der Waals surface area contributed by atoms with E-state index in [0.29, 0.717) is 22.9 Å². The van der Waals surface area contributed by atoms with Crippen LogP contribution in [0.25, 0.3) is 5.82 Å². The first-order valence-electron chi connectivity index (χ1n) is 7.84. The lowest BCUT2D eigenvalue weighted by Gasteiger charge is -2.24. The Morgan fingerprint density at radius 3 is 2.69 bits per heavy atom. The second-order valence-electron chi connectivity index (χ2n) is 6.01. The molecule has 7 nitrogen and oxygen atoms in total. The normalized spacial score (nSPS) is 16.3. The lowest BCUT2D eigenvalue weighted by molar-refractivity contribution is -0.116. The maximum Gasteiger partial charge on any atom is 0.264 e. The van der Waals surface area contributed by atoms with Crippen LogP contribution in [-0.4, -0.2) is 25.9 Å². The maximum atomic E-state index is 14.3. The molecule has 0 saturated heterocycles. The van der Waals surface area contributed by atoms with Gasteiger partial charge in [0.25, 0.3) is 5.56 Å². The molecule has 9 heteroatoms. The molecule has 1 aliphatic rings. The fraction of sp³-hybridized carbons (Fsp3) is 0.176. The third kappa shape index (κ3) is 2.57. The van der Waals surface area contributed by atoms with Gasteiger partial charge in [0, 0.05) is 30.0 Å². The van der Waals surface area contributed by atoms with E-state index in [0.717, 1.165) is 12.1 Å². The number of rotatable bonds is 2. The van der Waals surface area contributed by atoms with Crippen molar-refractivity contribution in [3.05, 3.63) is 69.1 Å². The lowest BCUT2D eigenvalue weighted by Crippen LogP contribution is -2.25. The summed E-state index contributed by atoms with van der Waals surface area (Å²) < 4.78 is 28.9. The summed E-state index contributed by atoms with van der Waals surface area (Å²) in [7, 11) is 0. The van der Waals surface area contributed by atoms with E-state index >= 15 is 0 Å². The zero-order valence-corrected chi connectivity index (χ0v) is 13.6. The first-order chi connectivity index (χ1) is 12.4. The minimum absolute atomic E-state index is 0.0150.